The van der Waals surface area contributed by atoms with Crippen LogP contribution in [0.4, 0.5) is 0 Å². The van der Waals surface area contributed by atoms with Crippen molar-refractivity contribution < 1.29 is 4.79 Å². The summed E-state index contributed by atoms with van der Waals surface area (Å²) in [4.78, 5) is 14.3. The maximum atomic E-state index is 12.2. The molecule has 0 aromatic heterocycles. The van der Waals surface area contributed by atoms with E-state index in [9.17, 15) is 4.79 Å². The maximum absolute atomic E-state index is 12.2. The Kier molecular flexibility index (Phi) is 4.84. The van der Waals surface area contributed by atoms with E-state index in [4.69, 9.17) is 0 Å². The van der Waals surface area contributed by atoms with Crippen LogP contribution in [0.25, 0.3) is 0 Å². The Morgan fingerprint density at radius 1 is 1.35 bits per heavy atom. The van der Waals surface area contributed by atoms with Crippen LogP contribution in [0.15, 0.2) is 0 Å². The van der Waals surface area contributed by atoms with E-state index in [0.717, 1.165) is 44.8 Å². The van der Waals surface area contributed by atoms with E-state index in [2.05, 4.69) is 17.1 Å². The van der Waals surface area contributed by atoms with E-state index in [1.165, 1.54) is 25.7 Å². The van der Waals surface area contributed by atoms with Gasteiger partial charge < -0.3 is 10.2 Å². The normalized spacial score (nSPS) is 29.6. The first-order valence-electron chi connectivity index (χ1n) is 7.31. The molecular formula is C14H26N2O. The number of carbonyl (C=O) groups excluding carboxylic acids is 1. The van der Waals surface area contributed by atoms with Crippen molar-refractivity contribution >= 4 is 5.91 Å². The quantitative estimate of drug-likeness (QED) is 0.814. The molecule has 2 aliphatic rings. The molecule has 2 aliphatic heterocycles. The molecule has 2 heterocycles. The molecule has 0 aliphatic carbocycles. The lowest BCUT2D eigenvalue weighted by atomic mass is 9.94. The number of hydrogen-bond donors (Lipinski definition) is 1. The van der Waals surface area contributed by atoms with Crippen molar-refractivity contribution in [1.82, 2.24) is 10.2 Å². The molecule has 2 unspecified atom stereocenters. The Bertz CT molecular complexity index is 249. The van der Waals surface area contributed by atoms with E-state index in [1.54, 1.807) is 0 Å². The number of nitrogens with one attached hydrogen (secondary N) is 1. The van der Waals surface area contributed by atoms with Crippen molar-refractivity contribution in [3.8, 4) is 0 Å². The second-order valence-electron chi connectivity index (χ2n) is 5.54. The van der Waals surface area contributed by atoms with Crippen LogP contribution in [0.2, 0.25) is 0 Å². The van der Waals surface area contributed by atoms with Crippen molar-refractivity contribution in [2.45, 2.75) is 57.9 Å². The molecule has 2 rings (SSSR count). The second-order valence-corrected chi connectivity index (χ2v) is 5.54. The summed E-state index contributed by atoms with van der Waals surface area (Å²) in [5.41, 5.74) is 0. The van der Waals surface area contributed by atoms with E-state index in [1.807, 2.05) is 0 Å². The maximum Gasteiger partial charge on any atom is 0.222 e. The van der Waals surface area contributed by atoms with Gasteiger partial charge in [0.2, 0.25) is 5.91 Å². The highest BCUT2D eigenvalue weighted by Crippen LogP contribution is 2.23. The third-order valence-corrected chi connectivity index (χ3v) is 4.33. The fourth-order valence-electron chi connectivity index (χ4n) is 3.23. The van der Waals surface area contributed by atoms with E-state index in [-0.39, 0.29) is 0 Å². The number of carbonyl (C=O) groups is 1. The van der Waals surface area contributed by atoms with Crippen LogP contribution in [0, 0.1) is 5.92 Å². The predicted molar refractivity (Wildman–Crippen MR) is 69.9 cm³/mol. The molecule has 0 bridgehead atoms. The Morgan fingerprint density at radius 3 is 2.94 bits per heavy atom. The molecule has 0 saturated carbocycles. The van der Waals surface area contributed by atoms with Crippen LogP contribution in [0.3, 0.4) is 0 Å². The zero-order valence-electron chi connectivity index (χ0n) is 11.1. The molecule has 3 nitrogen and oxygen atoms in total. The van der Waals surface area contributed by atoms with Crippen molar-refractivity contribution in [2.24, 2.45) is 5.92 Å². The number of rotatable bonds is 4. The molecule has 3 heteroatoms. The molecule has 0 radical (unpaired) electrons. The van der Waals surface area contributed by atoms with Crippen molar-refractivity contribution in [3.05, 3.63) is 0 Å². The summed E-state index contributed by atoms with van der Waals surface area (Å²) in [6.45, 7) is 5.47. The number of amides is 1. The summed E-state index contributed by atoms with van der Waals surface area (Å²) in [5, 5.41) is 3.42. The molecule has 1 N–H and O–H groups in total. The van der Waals surface area contributed by atoms with Crippen LogP contribution in [0.5, 0.6) is 0 Å². The van der Waals surface area contributed by atoms with Gasteiger partial charge in [-0.3, -0.25) is 4.79 Å². The fraction of sp³-hybridized carbons (Fsp3) is 0.929. The van der Waals surface area contributed by atoms with Gasteiger partial charge in [0.1, 0.15) is 0 Å². The van der Waals surface area contributed by atoms with E-state index < -0.39 is 0 Å². The molecule has 1 amide bonds. The minimum atomic E-state index is 0.403. The first kappa shape index (κ1) is 12.9. The van der Waals surface area contributed by atoms with Gasteiger partial charge in [0.05, 0.1) is 0 Å². The number of piperidine rings is 1. The molecule has 2 fully saturated rings. The minimum absolute atomic E-state index is 0.403. The molecule has 0 aromatic carbocycles. The Morgan fingerprint density at radius 2 is 2.24 bits per heavy atom. The Labute approximate surface area is 105 Å². The average Bonchev–Trinajstić information content (AvgIpc) is 2.85. The summed E-state index contributed by atoms with van der Waals surface area (Å²) >= 11 is 0. The highest BCUT2D eigenvalue weighted by molar-refractivity contribution is 5.76. The standard InChI is InChI=1S/C14H26N2O/c1-2-13-6-4-10-16(13)14(17)8-7-12-5-3-9-15-11-12/h12-13,15H,2-11H2,1H3. The largest absolute Gasteiger partial charge is 0.340 e. The first-order chi connectivity index (χ1) is 8.31. The van der Waals surface area contributed by atoms with Crippen LogP contribution < -0.4 is 5.32 Å². The van der Waals surface area contributed by atoms with Crippen LogP contribution in [0.1, 0.15) is 51.9 Å². The van der Waals surface area contributed by atoms with Crippen LogP contribution >= 0.6 is 0 Å². The smallest absolute Gasteiger partial charge is 0.222 e. The van der Waals surface area contributed by atoms with Gasteiger partial charge in [-0.2, -0.15) is 0 Å². The molecule has 2 atom stereocenters. The van der Waals surface area contributed by atoms with Gasteiger partial charge in [-0.1, -0.05) is 6.92 Å². The van der Waals surface area contributed by atoms with Gasteiger partial charge in [-0.05, 0) is 57.5 Å². The lowest BCUT2D eigenvalue weighted by Gasteiger charge is -2.26. The Hall–Kier alpha value is -0.570. The number of nitrogens with zero attached hydrogens (tertiary/aromatic N) is 1. The van der Waals surface area contributed by atoms with Gasteiger partial charge in [0.15, 0.2) is 0 Å². The lowest BCUT2D eigenvalue weighted by molar-refractivity contribution is -0.132. The predicted octanol–water partition coefficient (Wildman–Crippen LogP) is 2.17. The van der Waals surface area contributed by atoms with Crippen LogP contribution in [-0.2, 0) is 4.79 Å². The molecule has 98 valence electrons. The van der Waals surface area contributed by atoms with Gasteiger partial charge >= 0.3 is 0 Å². The van der Waals surface area contributed by atoms with Crippen molar-refractivity contribution in [2.75, 3.05) is 19.6 Å². The third-order valence-electron chi connectivity index (χ3n) is 4.33. The fourth-order valence-corrected chi connectivity index (χ4v) is 3.23. The van der Waals surface area contributed by atoms with Crippen LogP contribution in [-0.4, -0.2) is 36.5 Å². The number of hydrogen-bond acceptors (Lipinski definition) is 2. The summed E-state index contributed by atoms with van der Waals surface area (Å²) in [5.74, 6) is 1.13. The monoisotopic (exact) mass is 238 g/mol. The van der Waals surface area contributed by atoms with Gasteiger partial charge in [-0.15, -0.1) is 0 Å². The van der Waals surface area contributed by atoms with E-state index in [0.29, 0.717) is 11.9 Å². The Balaban J connectivity index is 1.72. The molecular weight excluding hydrogens is 212 g/mol. The third kappa shape index (κ3) is 3.44. The average molecular weight is 238 g/mol. The van der Waals surface area contributed by atoms with E-state index >= 15 is 0 Å². The lowest BCUT2D eigenvalue weighted by Crippen LogP contribution is -2.36. The number of likely N-dealkylation sites (tertiary alicyclic amines) is 1. The molecule has 17 heavy (non-hydrogen) atoms. The summed E-state index contributed by atoms with van der Waals surface area (Å²) in [6.07, 6.45) is 7.97. The van der Waals surface area contributed by atoms with Gasteiger partial charge in [0.25, 0.3) is 0 Å². The summed E-state index contributed by atoms with van der Waals surface area (Å²) in [6, 6.07) is 0.534. The van der Waals surface area contributed by atoms with Gasteiger partial charge in [0, 0.05) is 19.0 Å². The summed E-state index contributed by atoms with van der Waals surface area (Å²) < 4.78 is 0. The zero-order valence-corrected chi connectivity index (χ0v) is 11.1. The minimum Gasteiger partial charge on any atom is -0.340 e. The van der Waals surface area contributed by atoms with Gasteiger partial charge in [-0.25, -0.2) is 0 Å². The SMILES string of the molecule is CCC1CCCN1C(=O)CCC1CCCNC1. The summed E-state index contributed by atoms with van der Waals surface area (Å²) in [7, 11) is 0. The molecule has 0 spiro atoms. The molecule has 0 aromatic rings. The topological polar surface area (TPSA) is 32.3 Å². The van der Waals surface area contributed by atoms with Crippen molar-refractivity contribution in [3.63, 3.8) is 0 Å². The molecule has 2 saturated heterocycles. The van der Waals surface area contributed by atoms with Crippen molar-refractivity contribution in [1.29, 1.82) is 0 Å². The zero-order chi connectivity index (χ0) is 12.1. The first-order valence-corrected chi connectivity index (χ1v) is 7.31. The second kappa shape index (κ2) is 6.39. The highest BCUT2D eigenvalue weighted by atomic mass is 16.2. The highest BCUT2D eigenvalue weighted by Gasteiger charge is 2.27.